The van der Waals surface area contributed by atoms with Gasteiger partial charge in [0.25, 0.3) is 0 Å². The maximum Gasteiger partial charge on any atom is 0.137 e. The summed E-state index contributed by atoms with van der Waals surface area (Å²) >= 11 is 3.73. The minimum atomic E-state index is 0.885. The van der Waals surface area contributed by atoms with Gasteiger partial charge < -0.3 is 9.32 Å². The van der Waals surface area contributed by atoms with E-state index in [9.17, 15) is 0 Å². The third kappa shape index (κ3) is 3.75. The zero-order valence-electron chi connectivity index (χ0n) is 24.6. The Morgan fingerprint density at radius 3 is 1.89 bits per heavy atom. The van der Waals surface area contributed by atoms with Crippen molar-refractivity contribution in [1.29, 1.82) is 0 Å². The molecule has 0 unspecified atom stereocenters. The fourth-order valence-corrected chi connectivity index (χ4v) is 9.47. The van der Waals surface area contributed by atoms with Crippen LogP contribution in [-0.4, -0.2) is 0 Å². The summed E-state index contributed by atoms with van der Waals surface area (Å²) in [6.07, 6.45) is 0. The van der Waals surface area contributed by atoms with Crippen molar-refractivity contribution >= 4 is 102 Å². The summed E-state index contributed by atoms with van der Waals surface area (Å²) in [6, 6.07) is 54.7. The van der Waals surface area contributed by atoms with Crippen LogP contribution in [0.3, 0.4) is 0 Å². The Balaban J connectivity index is 1.43. The molecule has 3 aromatic heterocycles. The molecule has 0 saturated carbocycles. The second-order valence-corrected chi connectivity index (χ2v) is 13.8. The fraction of sp³-hybridized carbons (Fsp3) is 0. The van der Waals surface area contributed by atoms with Gasteiger partial charge >= 0.3 is 0 Å². The molecule has 216 valence electrons. The third-order valence-electron chi connectivity index (χ3n) is 9.07. The lowest BCUT2D eigenvalue weighted by Crippen LogP contribution is -2.12. The van der Waals surface area contributed by atoms with E-state index in [0.29, 0.717) is 0 Å². The summed E-state index contributed by atoms with van der Waals surface area (Å²) in [7, 11) is 0. The first-order valence-corrected chi connectivity index (χ1v) is 17.1. The van der Waals surface area contributed by atoms with E-state index in [1.165, 1.54) is 57.2 Å². The quantitative estimate of drug-likeness (QED) is 0.194. The Hall–Kier alpha value is -5.42. The number of hydrogen-bond donors (Lipinski definition) is 0. The summed E-state index contributed by atoms with van der Waals surface area (Å²) in [5.74, 6) is 0. The average Bonchev–Trinajstić information content (AvgIpc) is 3.80. The minimum absolute atomic E-state index is 0.885. The van der Waals surface area contributed by atoms with Crippen LogP contribution >= 0.6 is 22.7 Å². The van der Waals surface area contributed by atoms with E-state index in [0.717, 1.165) is 33.3 Å². The second-order valence-electron chi connectivity index (χ2n) is 11.6. The monoisotopic (exact) mass is 623 g/mol. The molecule has 0 amide bonds. The van der Waals surface area contributed by atoms with Gasteiger partial charge in [-0.3, -0.25) is 0 Å². The highest BCUT2D eigenvalue weighted by atomic mass is 32.1. The number of rotatable bonds is 4. The van der Waals surface area contributed by atoms with Gasteiger partial charge in [0.2, 0.25) is 0 Å². The third-order valence-corrected chi connectivity index (χ3v) is 11.4. The van der Waals surface area contributed by atoms with Crippen molar-refractivity contribution in [3.8, 4) is 11.1 Å². The number of furan rings is 1. The van der Waals surface area contributed by atoms with Crippen molar-refractivity contribution in [1.82, 2.24) is 0 Å². The van der Waals surface area contributed by atoms with Crippen molar-refractivity contribution in [2.45, 2.75) is 0 Å². The van der Waals surface area contributed by atoms with E-state index in [1.54, 1.807) is 0 Å². The van der Waals surface area contributed by atoms with E-state index in [1.807, 2.05) is 28.7 Å². The SMILES string of the molecule is c1ccc(-c2ccc3c(sc4ccccc43)c2N(c2cccc3oc4ccccc4c23)c2cccc3sc4ccccc4c23)cc1. The Labute approximate surface area is 273 Å². The van der Waals surface area contributed by atoms with Crippen LogP contribution in [0, 0.1) is 0 Å². The van der Waals surface area contributed by atoms with E-state index >= 15 is 0 Å². The number of para-hydroxylation sites is 1. The van der Waals surface area contributed by atoms with Crippen LogP contribution in [0.4, 0.5) is 17.1 Å². The molecular formula is C42H25NOS2. The molecular weight excluding hydrogens is 599 g/mol. The summed E-state index contributed by atoms with van der Waals surface area (Å²) in [5, 5.41) is 7.33. The molecule has 0 N–H and O–H groups in total. The van der Waals surface area contributed by atoms with Crippen molar-refractivity contribution < 1.29 is 4.42 Å². The highest BCUT2D eigenvalue weighted by Gasteiger charge is 2.27. The standard InChI is InChI=1S/C42H25NOS2/c1-2-12-26(13-3-1)27-24-25-29-28-14-5-8-21-36(28)46-42(29)41(27)43(32-17-10-20-35-39(32)30-15-4-7-19-34(30)44-35)33-18-11-23-38-40(33)31-16-6-9-22-37(31)45-38/h1-25H. The maximum absolute atomic E-state index is 6.49. The molecule has 0 atom stereocenters. The lowest BCUT2D eigenvalue weighted by atomic mass is 9.98. The zero-order chi connectivity index (χ0) is 30.2. The maximum atomic E-state index is 6.49. The number of hydrogen-bond acceptors (Lipinski definition) is 4. The van der Waals surface area contributed by atoms with Gasteiger partial charge in [0.15, 0.2) is 0 Å². The molecule has 10 rings (SSSR count). The van der Waals surface area contributed by atoms with Gasteiger partial charge in [0, 0.05) is 46.6 Å². The second kappa shape index (κ2) is 10.0. The normalized spacial score (nSPS) is 11.9. The van der Waals surface area contributed by atoms with E-state index in [2.05, 4.69) is 150 Å². The minimum Gasteiger partial charge on any atom is -0.456 e. The highest BCUT2D eigenvalue weighted by Crippen LogP contribution is 2.53. The first-order valence-electron chi connectivity index (χ1n) is 15.4. The van der Waals surface area contributed by atoms with Gasteiger partial charge in [-0.2, -0.15) is 0 Å². The van der Waals surface area contributed by atoms with E-state index in [-0.39, 0.29) is 0 Å². The van der Waals surface area contributed by atoms with Crippen molar-refractivity contribution in [3.05, 3.63) is 152 Å². The van der Waals surface area contributed by atoms with E-state index < -0.39 is 0 Å². The van der Waals surface area contributed by atoms with E-state index in [4.69, 9.17) is 4.42 Å². The first-order chi connectivity index (χ1) is 22.8. The van der Waals surface area contributed by atoms with Crippen LogP contribution in [-0.2, 0) is 0 Å². The zero-order valence-corrected chi connectivity index (χ0v) is 26.2. The molecule has 0 saturated heterocycles. The van der Waals surface area contributed by atoms with Crippen molar-refractivity contribution in [2.24, 2.45) is 0 Å². The van der Waals surface area contributed by atoms with Gasteiger partial charge in [-0.25, -0.2) is 0 Å². The molecule has 0 aliphatic heterocycles. The molecule has 0 spiro atoms. The Morgan fingerprint density at radius 2 is 1.04 bits per heavy atom. The summed E-state index contributed by atoms with van der Waals surface area (Å²) < 4.78 is 11.6. The Kier molecular flexibility index (Phi) is 5.65. The molecule has 4 heteroatoms. The van der Waals surface area contributed by atoms with Gasteiger partial charge in [-0.05, 0) is 48.0 Å². The number of nitrogens with zero attached hydrogens (tertiary/aromatic N) is 1. The van der Waals surface area contributed by atoms with Gasteiger partial charge in [0.05, 0.1) is 27.1 Å². The summed E-state index contributed by atoms with van der Waals surface area (Å²) in [5.41, 5.74) is 7.62. The molecule has 46 heavy (non-hydrogen) atoms. The largest absolute Gasteiger partial charge is 0.456 e. The fourth-order valence-electron chi connectivity index (χ4n) is 7.10. The topological polar surface area (TPSA) is 16.4 Å². The molecule has 3 heterocycles. The lowest BCUT2D eigenvalue weighted by molar-refractivity contribution is 0.669. The smallest absolute Gasteiger partial charge is 0.137 e. The van der Waals surface area contributed by atoms with Crippen molar-refractivity contribution in [2.75, 3.05) is 4.90 Å². The molecule has 2 nitrogen and oxygen atoms in total. The van der Waals surface area contributed by atoms with Crippen LogP contribution in [0.5, 0.6) is 0 Å². The Bertz CT molecular complexity index is 2650. The van der Waals surface area contributed by atoms with Gasteiger partial charge in [-0.1, -0.05) is 109 Å². The van der Waals surface area contributed by atoms with Crippen LogP contribution in [0.2, 0.25) is 0 Å². The average molecular weight is 624 g/mol. The van der Waals surface area contributed by atoms with Crippen molar-refractivity contribution in [3.63, 3.8) is 0 Å². The summed E-state index contributed by atoms with van der Waals surface area (Å²) in [4.78, 5) is 2.53. The predicted octanol–water partition coefficient (Wildman–Crippen LogP) is 13.5. The van der Waals surface area contributed by atoms with Crippen LogP contribution < -0.4 is 4.90 Å². The summed E-state index contributed by atoms with van der Waals surface area (Å²) in [6.45, 7) is 0. The molecule has 7 aromatic carbocycles. The number of thiophene rings is 2. The van der Waals surface area contributed by atoms with Gasteiger partial charge in [-0.15, -0.1) is 22.7 Å². The number of anilines is 3. The molecule has 0 radical (unpaired) electrons. The lowest BCUT2D eigenvalue weighted by Gasteiger charge is -2.30. The number of fused-ring (bicyclic) bond motifs is 9. The number of benzene rings is 7. The first kappa shape index (κ1) is 25.9. The highest BCUT2D eigenvalue weighted by molar-refractivity contribution is 7.26. The van der Waals surface area contributed by atoms with Crippen LogP contribution in [0.1, 0.15) is 0 Å². The molecule has 0 fully saturated rings. The van der Waals surface area contributed by atoms with Crippen LogP contribution in [0.15, 0.2) is 156 Å². The van der Waals surface area contributed by atoms with Crippen LogP contribution in [0.25, 0.3) is 73.4 Å². The Morgan fingerprint density at radius 1 is 0.413 bits per heavy atom. The molecule has 0 bridgehead atoms. The van der Waals surface area contributed by atoms with Gasteiger partial charge in [0.1, 0.15) is 11.2 Å². The molecule has 10 aromatic rings. The predicted molar refractivity (Wildman–Crippen MR) is 200 cm³/mol. The molecule has 0 aliphatic rings. The molecule has 0 aliphatic carbocycles.